The van der Waals surface area contributed by atoms with E-state index in [4.69, 9.17) is 0 Å². The van der Waals surface area contributed by atoms with Crippen LogP contribution in [0.3, 0.4) is 0 Å². The fourth-order valence-electron chi connectivity index (χ4n) is 3.67. The molecular formula is C24H30O5. The second-order valence-corrected chi connectivity index (χ2v) is 7.56. The van der Waals surface area contributed by atoms with Crippen molar-refractivity contribution >= 4 is 17.3 Å². The molecule has 0 aliphatic heterocycles. The van der Waals surface area contributed by atoms with Crippen LogP contribution in [0.2, 0.25) is 0 Å². The fraction of sp³-hybridized carbons (Fsp3) is 0.458. The van der Waals surface area contributed by atoms with Gasteiger partial charge in [0.25, 0.3) is 0 Å². The van der Waals surface area contributed by atoms with Crippen LogP contribution < -0.4 is 0 Å². The molecule has 0 bridgehead atoms. The number of phenols is 1. The van der Waals surface area contributed by atoms with Gasteiger partial charge in [0, 0.05) is 11.1 Å². The second kappa shape index (κ2) is 10.3. The molecule has 0 radical (unpaired) electrons. The average Bonchev–Trinajstić information content (AvgIpc) is 2.69. The molecule has 2 N–H and O–H groups in total. The smallest absolute Gasteiger partial charge is 0.190 e. The largest absolute Gasteiger partial charge is 0.507 e. The first-order valence-corrected chi connectivity index (χ1v) is 10.4. The van der Waals surface area contributed by atoms with Gasteiger partial charge >= 0.3 is 0 Å². The summed E-state index contributed by atoms with van der Waals surface area (Å²) in [6, 6.07) is 2.47. The van der Waals surface area contributed by atoms with E-state index in [9.17, 15) is 24.6 Å². The van der Waals surface area contributed by atoms with E-state index in [1.54, 1.807) is 0 Å². The van der Waals surface area contributed by atoms with Gasteiger partial charge in [0.1, 0.15) is 5.75 Å². The van der Waals surface area contributed by atoms with E-state index < -0.39 is 17.8 Å². The number of rotatable bonds is 6. The van der Waals surface area contributed by atoms with Crippen molar-refractivity contribution in [2.75, 3.05) is 0 Å². The maximum absolute atomic E-state index is 12.4. The molecule has 0 aromatic heterocycles. The number of fused-ring (bicyclic) bond motifs is 2. The molecule has 2 aliphatic carbocycles. The molecule has 29 heavy (non-hydrogen) atoms. The minimum Gasteiger partial charge on any atom is -0.507 e. The summed E-state index contributed by atoms with van der Waals surface area (Å²) in [6.07, 6.45) is 11.5. The van der Waals surface area contributed by atoms with Crippen molar-refractivity contribution in [2.24, 2.45) is 5.92 Å². The number of aliphatic hydroxyl groups excluding tert-OH is 1. The maximum Gasteiger partial charge on any atom is 0.190 e. The van der Waals surface area contributed by atoms with Gasteiger partial charge < -0.3 is 10.2 Å². The summed E-state index contributed by atoms with van der Waals surface area (Å²) in [6.45, 7) is 5.79. The second-order valence-electron chi connectivity index (χ2n) is 7.56. The van der Waals surface area contributed by atoms with Crippen molar-refractivity contribution < 1.29 is 24.6 Å². The van der Waals surface area contributed by atoms with E-state index in [0.29, 0.717) is 0 Å². The van der Waals surface area contributed by atoms with Gasteiger partial charge in [-0.25, -0.2) is 0 Å². The molecule has 0 unspecified atom stereocenters. The van der Waals surface area contributed by atoms with E-state index >= 15 is 0 Å². The Morgan fingerprint density at radius 3 is 2.21 bits per heavy atom. The van der Waals surface area contributed by atoms with Crippen LogP contribution in [-0.4, -0.2) is 27.6 Å². The van der Waals surface area contributed by atoms with Crippen molar-refractivity contribution in [3.63, 3.8) is 0 Å². The van der Waals surface area contributed by atoms with Gasteiger partial charge in [-0.05, 0) is 30.7 Å². The zero-order chi connectivity index (χ0) is 21.6. The Balaban J connectivity index is 0.000000321. The van der Waals surface area contributed by atoms with Gasteiger partial charge in [-0.1, -0.05) is 64.5 Å². The molecule has 0 fully saturated rings. The summed E-state index contributed by atoms with van der Waals surface area (Å²) >= 11 is 0. The van der Waals surface area contributed by atoms with Crippen LogP contribution in [0.15, 0.2) is 35.9 Å². The molecule has 5 heteroatoms. The monoisotopic (exact) mass is 398 g/mol. The minimum atomic E-state index is -1.21. The van der Waals surface area contributed by atoms with Gasteiger partial charge in [-0.15, -0.1) is 0 Å². The molecule has 0 amide bonds. The lowest BCUT2D eigenvalue weighted by Gasteiger charge is -2.31. The predicted molar refractivity (Wildman–Crippen MR) is 112 cm³/mol. The highest BCUT2D eigenvalue weighted by atomic mass is 16.3. The number of ketones is 3. The number of benzene rings is 1. The third-order valence-electron chi connectivity index (χ3n) is 5.32. The molecule has 3 rings (SSSR count). The number of phenolic OH excluding ortho intramolecular Hbond substituents is 1. The Kier molecular flexibility index (Phi) is 8.09. The molecule has 0 heterocycles. The number of unbranched alkanes of at least 4 members (excludes halogenated alkanes) is 5. The first-order chi connectivity index (χ1) is 13.8. The molecule has 2 aliphatic rings. The van der Waals surface area contributed by atoms with Crippen LogP contribution in [0, 0.1) is 5.92 Å². The number of carbonyl (C=O) groups is 3. The molecule has 1 aromatic rings. The van der Waals surface area contributed by atoms with Crippen molar-refractivity contribution in [3.05, 3.63) is 52.6 Å². The lowest BCUT2D eigenvalue weighted by atomic mass is 9.72. The number of aliphatic hydroxyl groups is 1. The topological polar surface area (TPSA) is 91.7 Å². The average molecular weight is 398 g/mol. The Hall–Kier alpha value is -2.53. The van der Waals surface area contributed by atoms with Crippen LogP contribution in [0.5, 0.6) is 5.75 Å². The van der Waals surface area contributed by atoms with Gasteiger partial charge in [0.05, 0.1) is 17.6 Å². The molecule has 0 saturated heterocycles. The van der Waals surface area contributed by atoms with Crippen molar-refractivity contribution in [1.29, 1.82) is 0 Å². The van der Waals surface area contributed by atoms with Crippen LogP contribution in [0.1, 0.15) is 91.7 Å². The Bertz CT molecular complexity index is 841. The van der Waals surface area contributed by atoms with Crippen LogP contribution in [0.25, 0.3) is 0 Å². The van der Waals surface area contributed by atoms with Crippen molar-refractivity contribution in [3.8, 4) is 5.75 Å². The van der Waals surface area contributed by atoms with Crippen LogP contribution in [-0.2, 0) is 4.79 Å². The lowest BCUT2D eigenvalue weighted by Crippen LogP contribution is -2.34. The number of carbonyl (C=O) groups excluding carboxylic acids is 3. The highest BCUT2D eigenvalue weighted by Gasteiger charge is 2.42. The van der Waals surface area contributed by atoms with Gasteiger partial charge in [0.15, 0.2) is 17.3 Å². The number of Topliss-reactive ketones (excluding diaryl/α,β-unsaturated/α-hetero) is 2. The van der Waals surface area contributed by atoms with Crippen LogP contribution in [0.4, 0.5) is 0 Å². The van der Waals surface area contributed by atoms with Crippen molar-refractivity contribution in [1.82, 2.24) is 0 Å². The lowest BCUT2D eigenvalue weighted by molar-refractivity contribution is -0.120. The molecule has 0 spiro atoms. The first kappa shape index (κ1) is 22.8. The zero-order valence-corrected chi connectivity index (χ0v) is 17.4. The standard InChI is InChI=1S/C16H12O5.C8H18/c1-7(17)9-5-10-11(6-13(9)19)15(20)8-3-2-4-12(18)14(8)16(10)21;1-3-5-7-8-6-4-2/h2-6,14,16,19,21H,1H3;3-8H2,1-2H3/t14-,16-;/m0./s1. The number of hydrogen-bond acceptors (Lipinski definition) is 5. The van der Waals surface area contributed by atoms with E-state index in [2.05, 4.69) is 13.8 Å². The quantitative estimate of drug-likeness (QED) is 0.527. The maximum atomic E-state index is 12.4. The Morgan fingerprint density at radius 1 is 1.03 bits per heavy atom. The molecule has 1 aromatic carbocycles. The highest BCUT2D eigenvalue weighted by molar-refractivity contribution is 6.17. The summed E-state index contributed by atoms with van der Waals surface area (Å²) in [5, 5.41) is 20.2. The SMILES string of the molecule is CC(=O)c1cc2c(cc1O)C(=O)C1=CC=CC(=O)[C@H]1[C@H]2O.CCCCCCCC. The highest BCUT2D eigenvalue weighted by Crippen LogP contribution is 2.42. The fourth-order valence-corrected chi connectivity index (χ4v) is 3.67. The Morgan fingerprint density at radius 2 is 1.66 bits per heavy atom. The zero-order valence-electron chi connectivity index (χ0n) is 17.4. The van der Waals surface area contributed by atoms with Crippen molar-refractivity contribution in [2.45, 2.75) is 65.4 Å². The van der Waals surface area contributed by atoms with Gasteiger partial charge in [-0.2, -0.15) is 0 Å². The molecule has 156 valence electrons. The number of aromatic hydroxyl groups is 1. The molecule has 0 saturated carbocycles. The van der Waals surface area contributed by atoms with E-state index in [-0.39, 0.29) is 39.6 Å². The van der Waals surface area contributed by atoms with Crippen LogP contribution >= 0.6 is 0 Å². The summed E-state index contributed by atoms with van der Waals surface area (Å²) in [5.74, 6) is -2.40. The molecule has 5 nitrogen and oxygen atoms in total. The predicted octanol–water partition coefficient (Wildman–Crippen LogP) is 4.87. The third kappa shape index (κ3) is 5.10. The van der Waals surface area contributed by atoms with Gasteiger partial charge in [-0.3, -0.25) is 14.4 Å². The summed E-state index contributed by atoms with van der Waals surface area (Å²) in [7, 11) is 0. The van der Waals surface area contributed by atoms with E-state index in [0.717, 1.165) is 0 Å². The molecular weight excluding hydrogens is 368 g/mol. The summed E-state index contributed by atoms with van der Waals surface area (Å²) in [4.78, 5) is 35.8. The number of hydrogen-bond donors (Lipinski definition) is 2. The van der Waals surface area contributed by atoms with E-state index in [1.807, 2.05) is 0 Å². The summed E-state index contributed by atoms with van der Waals surface area (Å²) in [5.41, 5.74) is 0.550. The van der Waals surface area contributed by atoms with E-state index in [1.165, 1.54) is 75.8 Å². The third-order valence-corrected chi connectivity index (χ3v) is 5.32. The Labute approximate surface area is 172 Å². The summed E-state index contributed by atoms with van der Waals surface area (Å²) < 4.78 is 0. The molecule has 2 atom stereocenters. The minimum absolute atomic E-state index is 0.0202. The number of allylic oxidation sites excluding steroid dienone is 3. The van der Waals surface area contributed by atoms with Gasteiger partial charge in [0.2, 0.25) is 0 Å². The normalized spacial score (nSPS) is 19.7. The first-order valence-electron chi connectivity index (χ1n) is 10.4.